The number of hydrogen-bond donors (Lipinski definition) is 2. The van der Waals surface area contributed by atoms with E-state index in [1.54, 1.807) is 10.6 Å². The van der Waals surface area contributed by atoms with Gasteiger partial charge in [-0.1, -0.05) is 11.6 Å². The fourth-order valence-electron chi connectivity index (χ4n) is 3.19. The highest BCUT2D eigenvalue weighted by atomic mass is 79.9. The number of amides is 1. The highest BCUT2D eigenvalue weighted by Crippen LogP contribution is 2.38. The molecule has 0 spiro atoms. The van der Waals surface area contributed by atoms with Crippen molar-refractivity contribution in [2.75, 3.05) is 6.54 Å². The van der Waals surface area contributed by atoms with E-state index in [0.717, 1.165) is 40.0 Å². The van der Waals surface area contributed by atoms with Crippen LogP contribution in [0.15, 0.2) is 34.9 Å². The Labute approximate surface area is 173 Å². The molecule has 1 fully saturated rings. The number of H-pyrrole nitrogens is 1. The molecule has 5 rings (SSSR count). The molecule has 28 heavy (non-hydrogen) atoms. The van der Waals surface area contributed by atoms with E-state index in [-0.39, 0.29) is 5.91 Å². The van der Waals surface area contributed by atoms with Gasteiger partial charge in [-0.2, -0.15) is 5.10 Å². The number of imidazole rings is 1. The fraction of sp³-hybridized carbons (Fsp3) is 0.263. The van der Waals surface area contributed by atoms with E-state index in [0.29, 0.717) is 35.1 Å². The van der Waals surface area contributed by atoms with Crippen LogP contribution >= 0.6 is 27.5 Å². The lowest BCUT2D eigenvalue weighted by Crippen LogP contribution is -2.26. The van der Waals surface area contributed by atoms with Gasteiger partial charge in [0.2, 0.25) is 0 Å². The number of hydrogen-bond acceptors (Lipinski definition) is 4. The van der Waals surface area contributed by atoms with Gasteiger partial charge in [-0.3, -0.25) is 4.79 Å². The lowest BCUT2D eigenvalue weighted by atomic mass is 10.2. The van der Waals surface area contributed by atoms with Gasteiger partial charge in [0.25, 0.3) is 5.91 Å². The van der Waals surface area contributed by atoms with Gasteiger partial charge in [-0.15, -0.1) is 0 Å². The number of nitrogens with one attached hydrogen (secondary N) is 2. The zero-order valence-corrected chi connectivity index (χ0v) is 17.1. The van der Waals surface area contributed by atoms with Crippen LogP contribution in [0.4, 0.5) is 0 Å². The van der Waals surface area contributed by atoms with Gasteiger partial charge in [0, 0.05) is 34.6 Å². The predicted octanol–water partition coefficient (Wildman–Crippen LogP) is 3.87. The first-order valence-electron chi connectivity index (χ1n) is 9.05. The molecule has 1 aliphatic rings. The Morgan fingerprint density at radius 3 is 3.00 bits per heavy atom. The fourth-order valence-corrected chi connectivity index (χ4v) is 3.79. The Bertz CT molecular complexity index is 1210. The minimum Gasteiger partial charge on any atom is -0.351 e. The number of pyridine rings is 1. The zero-order valence-electron chi connectivity index (χ0n) is 14.7. The highest BCUT2D eigenvalue weighted by Gasteiger charge is 2.29. The van der Waals surface area contributed by atoms with Crippen molar-refractivity contribution in [3.05, 3.63) is 57.2 Å². The summed E-state index contributed by atoms with van der Waals surface area (Å²) in [6, 6.07) is 7.30. The molecule has 0 bridgehead atoms. The third-order valence-electron chi connectivity index (χ3n) is 4.74. The molecule has 7 nitrogen and oxygen atoms in total. The molecule has 0 radical (unpaired) electrons. The lowest BCUT2D eigenvalue weighted by molar-refractivity contribution is 0.0955. The van der Waals surface area contributed by atoms with Crippen LogP contribution in [0.3, 0.4) is 0 Å². The number of halogens is 2. The molecule has 4 aromatic rings. The number of aromatic nitrogens is 5. The van der Waals surface area contributed by atoms with Gasteiger partial charge in [0.1, 0.15) is 5.82 Å². The Morgan fingerprint density at radius 2 is 2.18 bits per heavy atom. The minimum absolute atomic E-state index is 0.180. The third-order valence-corrected chi connectivity index (χ3v) is 5.41. The zero-order chi connectivity index (χ0) is 19.3. The van der Waals surface area contributed by atoms with Crippen LogP contribution in [-0.4, -0.2) is 37.0 Å². The van der Waals surface area contributed by atoms with E-state index in [4.69, 9.17) is 11.6 Å². The van der Waals surface area contributed by atoms with Crippen molar-refractivity contribution in [3.8, 4) is 0 Å². The number of carbonyl (C=O) groups is 1. The number of rotatable bonds is 5. The van der Waals surface area contributed by atoms with Crippen LogP contribution in [0.25, 0.3) is 16.7 Å². The number of benzene rings is 1. The lowest BCUT2D eigenvalue weighted by Gasteiger charge is -2.06. The molecule has 0 unspecified atom stereocenters. The summed E-state index contributed by atoms with van der Waals surface area (Å²) in [6.07, 6.45) is 4.64. The van der Waals surface area contributed by atoms with Crippen LogP contribution in [-0.2, 0) is 6.42 Å². The van der Waals surface area contributed by atoms with Crippen molar-refractivity contribution >= 4 is 50.1 Å². The van der Waals surface area contributed by atoms with E-state index in [1.807, 2.05) is 24.4 Å². The highest BCUT2D eigenvalue weighted by molar-refractivity contribution is 9.10. The van der Waals surface area contributed by atoms with Crippen LogP contribution in [0.5, 0.6) is 0 Å². The SMILES string of the molecule is O=C(NCCc1nc2ccc(Cl)cc2[nH]1)c1cc(Br)cn2nc(C3CC3)nc12. The molecular weight excluding hydrogens is 444 g/mol. The molecule has 1 aromatic carbocycles. The number of aromatic amines is 1. The molecule has 1 saturated carbocycles. The molecule has 1 aliphatic carbocycles. The monoisotopic (exact) mass is 458 g/mol. The summed E-state index contributed by atoms with van der Waals surface area (Å²) in [5.41, 5.74) is 2.83. The van der Waals surface area contributed by atoms with Crippen molar-refractivity contribution < 1.29 is 4.79 Å². The predicted molar refractivity (Wildman–Crippen MR) is 110 cm³/mol. The maximum atomic E-state index is 12.8. The van der Waals surface area contributed by atoms with Crippen LogP contribution < -0.4 is 5.32 Å². The minimum atomic E-state index is -0.180. The van der Waals surface area contributed by atoms with Gasteiger partial charge in [0.15, 0.2) is 11.5 Å². The Kier molecular flexibility index (Phi) is 4.32. The molecule has 0 atom stereocenters. The standard InChI is InChI=1S/C19H16BrClN6O/c20-11-7-13(18-25-17(10-1-2-10)26-27(18)9-11)19(28)22-6-5-16-23-14-4-3-12(21)8-15(14)24-16/h3-4,7-10H,1-2,5-6H2,(H,22,28)(H,23,24). The molecule has 3 heterocycles. The van der Waals surface area contributed by atoms with E-state index >= 15 is 0 Å². The van der Waals surface area contributed by atoms with Crippen LogP contribution in [0.1, 0.15) is 40.8 Å². The molecule has 1 amide bonds. The smallest absolute Gasteiger partial charge is 0.255 e. The first-order valence-corrected chi connectivity index (χ1v) is 10.2. The number of carbonyl (C=O) groups excluding carboxylic acids is 1. The summed E-state index contributed by atoms with van der Waals surface area (Å²) in [5.74, 6) is 1.86. The first-order chi connectivity index (χ1) is 13.6. The topological polar surface area (TPSA) is 88.0 Å². The normalized spacial score (nSPS) is 14.1. The number of nitrogens with zero attached hydrogens (tertiary/aromatic N) is 4. The molecular formula is C19H16BrClN6O. The van der Waals surface area contributed by atoms with Gasteiger partial charge in [-0.05, 0) is 53.0 Å². The van der Waals surface area contributed by atoms with E-state index in [2.05, 4.69) is 41.3 Å². The summed E-state index contributed by atoms with van der Waals surface area (Å²) in [5, 5.41) is 8.12. The first kappa shape index (κ1) is 17.6. The molecule has 9 heteroatoms. The second-order valence-corrected chi connectivity index (χ2v) is 8.29. The van der Waals surface area contributed by atoms with E-state index < -0.39 is 0 Å². The average Bonchev–Trinajstić information content (AvgIpc) is 3.30. The summed E-state index contributed by atoms with van der Waals surface area (Å²) in [4.78, 5) is 25.1. The Balaban J connectivity index is 1.32. The van der Waals surface area contributed by atoms with Crippen molar-refractivity contribution in [1.29, 1.82) is 0 Å². The maximum Gasteiger partial charge on any atom is 0.255 e. The second-order valence-electron chi connectivity index (χ2n) is 6.94. The summed E-state index contributed by atoms with van der Waals surface area (Å²) < 4.78 is 2.46. The van der Waals surface area contributed by atoms with Gasteiger partial charge >= 0.3 is 0 Å². The maximum absolute atomic E-state index is 12.8. The molecule has 142 valence electrons. The van der Waals surface area contributed by atoms with Crippen molar-refractivity contribution in [1.82, 2.24) is 29.9 Å². The van der Waals surface area contributed by atoms with Gasteiger partial charge in [-0.25, -0.2) is 14.5 Å². The van der Waals surface area contributed by atoms with Gasteiger partial charge < -0.3 is 10.3 Å². The van der Waals surface area contributed by atoms with E-state index in [9.17, 15) is 4.79 Å². The van der Waals surface area contributed by atoms with Crippen molar-refractivity contribution in [2.45, 2.75) is 25.2 Å². The molecule has 0 aliphatic heterocycles. The van der Waals surface area contributed by atoms with Crippen LogP contribution in [0, 0.1) is 0 Å². The van der Waals surface area contributed by atoms with Gasteiger partial charge in [0.05, 0.1) is 16.6 Å². The average molecular weight is 460 g/mol. The molecule has 3 aromatic heterocycles. The molecule has 0 saturated heterocycles. The summed E-state index contributed by atoms with van der Waals surface area (Å²) in [7, 11) is 0. The quantitative estimate of drug-likeness (QED) is 0.474. The van der Waals surface area contributed by atoms with E-state index in [1.165, 1.54) is 0 Å². The van der Waals surface area contributed by atoms with Crippen LogP contribution in [0.2, 0.25) is 5.02 Å². The third kappa shape index (κ3) is 3.38. The summed E-state index contributed by atoms with van der Waals surface area (Å²) >= 11 is 9.45. The second kappa shape index (κ2) is 6.86. The Morgan fingerprint density at radius 1 is 1.32 bits per heavy atom. The Hall–Kier alpha value is -2.45. The number of fused-ring (bicyclic) bond motifs is 2. The largest absolute Gasteiger partial charge is 0.351 e. The summed E-state index contributed by atoms with van der Waals surface area (Å²) in [6.45, 7) is 0.453. The molecule has 2 N–H and O–H groups in total. The van der Waals surface area contributed by atoms with Crippen molar-refractivity contribution in [2.24, 2.45) is 0 Å². The van der Waals surface area contributed by atoms with Crippen molar-refractivity contribution in [3.63, 3.8) is 0 Å².